The molecule has 1 atom stereocenters. The molecule has 0 aliphatic carbocycles. The number of ether oxygens (including phenoxy) is 2. The van der Waals surface area contributed by atoms with Crippen LogP contribution in [0.5, 0.6) is 11.5 Å². The first-order valence-electron chi connectivity index (χ1n) is 6.50. The number of carbonyl (C=O) groups is 1. The Labute approximate surface area is 146 Å². The minimum atomic E-state index is -4.93. The molecule has 0 aromatic heterocycles. The fourth-order valence-electron chi connectivity index (χ4n) is 1.92. The Bertz CT molecular complexity index is 786. The quantitative estimate of drug-likeness (QED) is 0.429. The number of rotatable bonds is 4. The molecule has 25 heavy (non-hydrogen) atoms. The monoisotopic (exact) mass is 426 g/mol. The zero-order valence-corrected chi connectivity index (χ0v) is 14.5. The van der Waals surface area contributed by atoms with E-state index in [0.717, 1.165) is 41.1 Å². The molecule has 0 N–H and O–H groups in total. The third kappa shape index (κ3) is 5.70. The van der Waals surface area contributed by atoms with Crippen molar-refractivity contribution in [2.45, 2.75) is 12.7 Å². The standard InChI is InChI=1S/C15H9AsF6O3/c16-12-5-4-10(25-15(20,21)22)7-11(12)13(23)8-2-1-3-9(6-8)24-14(17,18)19/h1-7H,16H2. The van der Waals surface area contributed by atoms with Crippen LogP contribution in [0.4, 0.5) is 26.3 Å². The van der Waals surface area contributed by atoms with Crippen molar-refractivity contribution in [2.75, 3.05) is 0 Å². The third-order valence-corrected chi connectivity index (χ3v) is 3.89. The minimum absolute atomic E-state index is 0.106. The number of benzene rings is 2. The molecule has 2 aromatic rings. The summed E-state index contributed by atoms with van der Waals surface area (Å²) in [4.78, 5) is 12.4. The van der Waals surface area contributed by atoms with Crippen LogP contribution in [0.2, 0.25) is 0 Å². The van der Waals surface area contributed by atoms with E-state index in [1.54, 1.807) is 0 Å². The van der Waals surface area contributed by atoms with Gasteiger partial charge in [0.1, 0.15) is 0 Å². The Morgan fingerprint density at radius 3 is 1.96 bits per heavy atom. The molecule has 0 bridgehead atoms. The van der Waals surface area contributed by atoms with E-state index in [9.17, 15) is 31.1 Å². The average Bonchev–Trinajstić information content (AvgIpc) is 2.45. The summed E-state index contributed by atoms with van der Waals surface area (Å²) in [5.41, 5.74) is -0.268. The summed E-state index contributed by atoms with van der Waals surface area (Å²) in [6, 6.07) is 7.48. The van der Waals surface area contributed by atoms with Crippen molar-refractivity contribution >= 4 is 27.0 Å². The van der Waals surface area contributed by atoms with Gasteiger partial charge in [0.15, 0.2) is 0 Å². The van der Waals surface area contributed by atoms with E-state index in [2.05, 4.69) is 9.47 Å². The maximum atomic E-state index is 12.4. The molecule has 0 heterocycles. The molecule has 0 saturated carbocycles. The Hall–Kier alpha value is -2.15. The van der Waals surface area contributed by atoms with Gasteiger partial charge in [-0.05, 0) is 0 Å². The fraction of sp³-hybridized carbons (Fsp3) is 0.133. The van der Waals surface area contributed by atoms with Gasteiger partial charge in [0.25, 0.3) is 0 Å². The molecule has 3 nitrogen and oxygen atoms in total. The second kappa shape index (κ2) is 6.99. The molecule has 2 aromatic carbocycles. The normalized spacial score (nSPS) is 12.0. The predicted molar refractivity (Wildman–Crippen MR) is 77.9 cm³/mol. The van der Waals surface area contributed by atoms with Crippen LogP contribution < -0.4 is 13.8 Å². The van der Waals surface area contributed by atoms with Crippen LogP contribution in [-0.2, 0) is 0 Å². The summed E-state index contributed by atoms with van der Waals surface area (Å²) < 4.78 is 81.5. The summed E-state index contributed by atoms with van der Waals surface area (Å²) in [5.74, 6) is -1.95. The van der Waals surface area contributed by atoms with Gasteiger partial charge in [0.05, 0.1) is 0 Å². The topological polar surface area (TPSA) is 35.5 Å². The van der Waals surface area contributed by atoms with Crippen LogP contribution in [0.3, 0.4) is 0 Å². The van der Waals surface area contributed by atoms with Gasteiger partial charge in [-0.25, -0.2) is 0 Å². The van der Waals surface area contributed by atoms with Gasteiger partial charge in [-0.3, -0.25) is 0 Å². The summed E-state index contributed by atoms with van der Waals surface area (Å²) in [6.45, 7) is 0. The van der Waals surface area contributed by atoms with E-state index in [0.29, 0.717) is 4.35 Å². The Balaban J connectivity index is 2.34. The second-order valence-corrected chi connectivity index (χ2v) is 6.01. The molecule has 0 spiro atoms. The molecular weight excluding hydrogens is 417 g/mol. The van der Waals surface area contributed by atoms with Crippen molar-refractivity contribution < 1.29 is 40.6 Å². The number of halogens is 6. The number of alkyl halides is 6. The Morgan fingerprint density at radius 1 is 0.840 bits per heavy atom. The van der Waals surface area contributed by atoms with E-state index < -0.39 is 30.0 Å². The Kier molecular flexibility index (Phi) is 5.36. The van der Waals surface area contributed by atoms with Crippen LogP contribution in [0.25, 0.3) is 0 Å². The van der Waals surface area contributed by atoms with E-state index in [-0.39, 0.29) is 11.1 Å². The second-order valence-electron chi connectivity index (χ2n) is 4.70. The van der Waals surface area contributed by atoms with Crippen LogP contribution in [0.1, 0.15) is 15.9 Å². The summed E-state index contributed by atoms with van der Waals surface area (Å²) in [5, 5.41) is 0. The number of carbonyl (C=O) groups excluding carboxylic acids is 1. The van der Waals surface area contributed by atoms with E-state index in [4.69, 9.17) is 0 Å². The number of ketones is 1. The first-order chi connectivity index (χ1) is 11.4. The van der Waals surface area contributed by atoms with Crippen molar-refractivity contribution in [1.82, 2.24) is 0 Å². The van der Waals surface area contributed by atoms with Crippen LogP contribution in [0, 0.1) is 0 Å². The molecule has 10 heteroatoms. The Morgan fingerprint density at radius 2 is 1.40 bits per heavy atom. The SMILES string of the molecule is O=C(c1cccc(OC(F)(F)F)c1)c1cc(OC(F)(F)F)ccc1[AsH2]. The van der Waals surface area contributed by atoms with Gasteiger partial charge in [0, 0.05) is 0 Å². The van der Waals surface area contributed by atoms with E-state index >= 15 is 0 Å². The molecule has 0 saturated heterocycles. The maximum absolute atomic E-state index is 12.4. The van der Waals surface area contributed by atoms with Crippen molar-refractivity contribution in [1.29, 1.82) is 0 Å². The fourth-order valence-corrected chi connectivity index (χ4v) is 2.57. The van der Waals surface area contributed by atoms with Crippen molar-refractivity contribution in [3.8, 4) is 11.5 Å². The van der Waals surface area contributed by atoms with E-state index in [1.807, 2.05) is 0 Å². The molecule has 134 valence electrons. The third-order valence-electron chi connectivity index (χ3n) is 2.83. The molecule has 0 aliphatic heterocycles. The predicted octanol–water partition coefficient (Wildman–Crippen LogP) is 2.97. The van der Waals surface area contributed by atoms with Crippen molar-refractivity contribution in [3.63, 3.8) is 0 Å². The van der Waals surface area contributed by atoms with Crippen molar-refractivity contribution in [3.05, 3.63) is 53.6 Å². The van der Waals surface area contributed by atoms with Gasteiger partial charge in [0.2, 0.25) is 0 Å². The molecule has 2 rings (SSSR count). The van der Waals surface area contributed by atoms with Crippen LogP contribution in [0.15, 0.2) is 42.5 Å². The zero-order chi connectivity index (χ0) is 18.8. The van der Waals surface area contributed by atoms with Gasteiger partial charge in [-0.1, -0.05) is 0 Å². The molecule has 1 unspecified atom stereocenters. The van der Waals surface area contributed by atoms with Gasteiger partial charge >= 0.3 is 145 Å². The first-order valence-corrected chi connectivity index (χ1v) is 7.71. The molecule has 0 aliphatic rings. The van der Waals surface area contributed by atoms with Gasteiger partial charge in [-0.2, -0.15) is 0 Å². The number of hydrogen-bond acceptors (Lipinski definition) is 3. The van der Waals surface area contributed by atoms with Crippen molar-refractivity contribution in [2.24, 2.45) is 0 Å². The molecule has 0 fully saturated rings. The van der Waals surface area contributed by atoms with Crippen LogP contribution in [-0.4, -0.2) is 35.4 Å². The summed E-state index contributed by atoms with van der Waals surface area (Å²) in [7, 11) is 0. The van der Waals surface area contributed by atoms with Crippen LogP contribution >= 0.6 is 0 Å². The van der Waals surface area contributed by atoms with E-state index in [1.165, 1.54) is 18.2 Å². The first kappa shape index (κ1) is 19.2. The summed E-state index contributed by atoms with van der Waals surface area (Å²) in [6.07, 6.45) is -9.86. The molecular formula is C15H9AsF6O3. The van der Waals surface area contributed by atoms with Gasteiger partial charge < -0.3 is 0 Å². The average molecular weight is 426 g/mol. The molecule has 0 radical (unpaired) electrons. The van der Waals surface area contributed by atoms with Gasteiger partial charge in [-0.15, -0.1) is 0 Å². The zero-order valence-electron chi connectivity index (χ0n) is 12.1. The number of hydrogen-bond donors (Lipinski definition) is 0. The summed E-state index contributed by atoms with van der Waals surface area (Å²) >= 11 is 0.962. The molecule has 0 amide bonds.